The van der Waals surface area contributed by atoms with Gasteiger partial charge in [-0.25, -0.2) is 0 Å². The molecule has 0 radical (unpaired) electrons. The molecule has 1 amide bonds. The predicted molar refractivity (Wildman–Crippen MR) is 66.4 cm³/mol. The van der Waals surface area contributed by atoms with E-state index in [9.17, 15) is 4.79 Å². The average molecular weight is 227 g/mol. The minimum absolute atomic E-state index is 0.283. The molecule has 1 aliphatic rings. The Morgan fingerprint density at radius 1 is 1.31 bits per heavy atom. The fraction of sp³-hybridized carbons (Fsp3) is 0.917. The first-order chi connectivity index (χ1) is 7.63. The van der Waals surface area contributed by atoms with E-state index in [4.69, 9.17) is 0 Å². The summed E-state index contributed by atoms with van der Waals surface area (Å²) in [7, 11) is 0. The molecule has 0 aromatic carbocycles. The maximum atomic E-state index is 11.8. The van der Waals surface area contributed by atoms with Gasteiger partial charge in [-0.05, 0) is 13.0 Å². The highest BCUT2D eigenvalue weighted by Crippen LogP contribution is 2.03. The molecule has 0 unspecified atom stereocenters. The van der Waals surface area contributed by atoms with Crippen molar-refractivity contribution in [1.29, 1.82) is 0 Å². The highest BCUT2D eigenvalue weighted by atomic mass is 16.2. The molecule has 1 rings (SSSR count). The molecule has 0 atom stereocenters. The fourth-order valence-electron chi connectivity index (χ4n) is 1.99. The third-order valence-corrected chi connectivity index (χ3v) is 2.87. The van der Waals surface area contributed by atoms with E-state index in [1.807, 2.05) is 4.90 Å². The molecule has 1 aliphatic heterocycles. The highest BCUT2D eigenvalue weighted by Gasteiger charge is 2.22. The molecule has 0 bridgehead atoms. The van der Waals surface area contributed by atoms with E-state index in [0.717, 1.165) is 39.1 Å². The first kappa shape index (κ1) is 13.5. The van der Waals surface area contributed by atoms with Gasteiger partial charge < -0.3 is 10.2 Å². The number of nitrogens with zero attached hydrogens (tertiary/aromatic N) is 2. The summed E-state index contributed by atoms with van der Waals surface area (Å²) < 4.78 is 0. The molecule has 1 fully saturated rings. The van der Waals surface area contributed by atoms with Crippen LogP contribution in [0, 0.1) is 0 Å². The second-order valence-electron chi connectivity index (χ2n) is 4.77. The first-order valence-electron chi connectivity index (χ1n) is 6.37. The molecule has 1 saturated heterocycles. The number of rotatable bonds is 6. The van der Waals surface area contributed by atoms with Crippen LogP contribution < -0.4 is 5.32 Å². The lowest BCUT2D eigenvalue weighted by atomic mass is 10.3. The molecule has 4 heteroatoms. The van der Waals surface area contributed by atoms with Crippen LogP contribution in [0.15, 0.2) is 0 Å². The zero-order valence-electron chi connectivity index (χ0n) is 10.8. The van der Waals surface area contributed by atoms with Gasteiger partial charge in [0.15, 0.2) is 0 Å². The van der Waals surface area contributed by atoms with Gasteiger partial charge in [-0.15, -0.1) is 0 Å². The van der Waals surface area contributed by atoms with Gasteiger partial charge in [0.2, 0.25) is 5.91 Å². The molecule has 0 aliphatic carbocycles. The molecule has 0 spiro atoms. The van der Waals surface area contributed by atoms with Gasteiger partial charge in [0.25, 0.3) is 0 Å². The smallest absolute Gasteiger partial charge is 0.236 e. The lowest BCUT2D eigenvalue weighted by Crippen LogP contribution is -2.52. The largest absolute Gasteiger partial charge is 0.339 e. The van der Waals surface area contributed by atoms with E-state index in [0.29, 0.717) is 12.6 Å². The Morgan fingerprint density at radius 3 is 2.62 bits per heavy atom. The van der Waals surface area contributed by atoms with Gasteiger partial charge in [0.1, 0.15) is 0 Å². The molecule has 0 aromatic rings. The summed E-state index contributed by atoms with van der Waals surface area (Å²) in [6.45, 7) is 11.7. The van der Waals surface area contributed by atoms with Gasteiger partial charge in [0.05, 0.1) is 6.54 Å². The summed E-state index contributed by atoms with van der Waals surface area (Å²) >= 11 is 0. The van der Waals surface area contributed by atoms with Crippen LogP contribution in [0.5, 0.6) is 0 Å². The lowest BCUT2D eigenvalue weighted by molar-refractivity contribution is -0.135. The summed E-state index contributed by atoms with van der Waals surface area (Å²) in [6.07, 6.45) is 1.13. The Bertz CT molecular complexity index is 218. The maximum Gasteiger partial charge on any atom is 0.236 e. The van der Waals surface area contributed by atoms with Crippen molar-refractivity contribution in [2.45, 2.75) is 33.2 Å². The number of hydrogen-bond donors (Lipinski definition) is 1. The van der Waals surface area contributed by atoms with E-state index < -0.39 is 0 Å². The van der Waals surface area contributed by atoms with Gasteiger partial charge in [-0.1, -0.05) is 20.8 Å². The van der Waals surface area contributed by atoms with Crippen LogP contribution in [-0.4, -0.2) is 61.0 Å². The average Bonchev–Trinajstić information content (AvgIpc) is 2.21. The molecule has 0 aromatic heterocycles. The highest BCUT2D eigenvalue weighted by molar-refractivity contribution is 5.79. The van der Waals surface area contributed by atoms with E-state index in [1.165, 1.54) is 0 Å². The van der Waals surface area contributed by atoms with Crippen molar-refractivity contribution in [1.82, 2.24) is 15.1 Å². The number of nitrogens with one attached hydrogen (secondary N) is 1. The quantitative estimate of drug-likeness (QED) is 0.719. The summed E-state index contributed by atoms with van der Waals surface area (Å²) in [4.78, 5) is 16.0. The third-order valence-electron chi connectivity index (χ3n) is 2.87. The minimum atomic E-state index is 0.283. The van der Waals surface area contributed by atoms with Crippen LogP contribution in [0.1, 0.15) is 27.2 Å². The normalized spacial score (nSPS) is 18.5. The van der Waals surface area contributed by atoms with Crippen molar-refractivity contribution in [3.8, 4) is 0 Å². The Morgan fingerprint density at radius 2 is 2.06 bits per heavy atom. The van der Waals surface area contributed by atoms with Gasteiger partial charge >= 0.3 is 0 Å². The van der Waals surface area contributed by atoms with E-state index >= 15 is 0 Å². The Kier molecular flexibility index (Phi) is 5.77. The van der Waals surface area contributed by atoms with Crippen LogP contribution in [-0.2, 0) is 4.79 Å². The van der Waals surface area contributed by atoms with E-state index in [-0.39, 0.29) is 5.91 Å². The number of piperazine rings is 1. The van der Waals surface area contributed by atoms with Crippen LogP contribution in [0.4, 0.5) is 0 Å². The van der Waals surface area contributed by atoms with Gasteiger partial charge in [0, 0.05) is 32.2 Å². The topological polar surface area (TPSA) is 35.6 Å². The van der Waals surface area contributed by atoms with Crippen molar-refractivity contribution in [2.75, 3.05) is 39.3 Å². The first-order valence-corrected chi connectivity index (χ1v) is 6.37. The number of amides is 1. The van der Waals surface area contributed by atoms with Crippen molar-refractivity contribution in [3.05, 3.63) is 0 Å². The van der Waals surface area contributed by atoms with Gasteiger partial charge in [-0.3, -0.25) is 9.69 Å². The second kappa shape index (κ2) is 6.86. The Hall–Kier alpha value is -0.610. The zero-order chi connectivity index (χ0) is 12.0. The SMILES string of the molecule is CCCN1CCN(CCNC(C)C)C(=O)C1. The Balaban J connectivity index is 2.22. The molecule has 1 heterocycles. The molecular formula is C12H25N3O. The molecule has 4 nitrogen and oxygen atoms in total. The minimum Gasteiger partial charge on any atom is -0.339 e. The zero-order valence-corrected chi connectivity index (χ0v) is 10.8. The van der Waals surface area contributed by atoms with Crippen molar-refractivity contribution in [3.63, 3.8) is 0 Å². The van der Waals surface area contributed by atoms with Crippen molar-refractivity contribution >= 4 is 5.91 Å². The standard InChI is InChI=1S/C12H25N3O/c1-4-6-14-8-9-15(12(16)10-14)7-5-13-11(2)3/h11,13H,4-10H2,1-3H3. The van der Waals surface area contributed by atoms with Crippen molar-refractivity contribution in [2.24, 2.45) is 0 Å². The maximum absolute atomic E-state index is 11.8. The number of hydrogen-bond acceptors (Lipinski definition) is 3. The van der Waals surface area contributed by atoms with E-state index in [1.54, 1.807) is 0 Å². The predicted octanol–water partition coefficient (Wildman–Crippen LogP) is 0.539. The number of carbonyl (C=O) groups excluding carboxylic acids is 1. The van der Waals surface area contributed by atoms with Crippen LogP contribution >= 0.6 is 0 Å². The summed E-state index contributed by atoms with van der Waals surface area (Å²) in [5.41, 5.74) is 0. The lowest BCUT2D eigenvalue weighted by Gasteiger charge is -2.34. The van der Waals surface area contributed by atoms with Crippen LogP contribution in [0.25, 0.3) is 0 Å². The van der Waals surface area contributed by atoms with E-state index in [2.05, 4.69) is 31.0 Å². The van der Waals surface area contributed by atoms with Crippen LogP contribution in [0.3, 0.4) is 0 Å². The monoisotopic (exact) mass is 227 g/mol. The molecular weight excluding hydrogens is 202 g/mol. The summed E-state index contributed by atoms with van der Waals surface area (Å²) in [5, 5.41) is 3.34. The second-order valence-corrected chi connectivity index (χ2v) is 4.77. The summed E-state index contributed by atoms with van der Waals surface area (Å²) in [6, 6.07) is 0.497. The fourth-order valence-corrected chi connectivity index (χ4v) is 1.99. The van der Waals surface area contributed by atoms with Gasteiger partial charge in [-0.2, -0.15) is 0 Å². The molecule has 0 saturated carbocycles. The molecule has 16 heavy (non-hydrogen) atoms. The van der Waals surface area contributed by atoms with Crippen molar-refractivity contribution < 1.29 is 4.79 Å². The third kappa shape index (κ3) is 4.49. The molecule has 1 N–H and O–H groups in total. The molecule has 94 valence electrons. The van der Waals surface area contributed by atoms with Crippen LogP contribution in [0.2, 0.25) is 0 Å². The summed E-state index contributed by atoms with van der Waals surface area (Å²) in [5.74, 6) is 0.283. The number of carbonyl (C=O) groups is 1. The Labute approximate surface area is 99.0 Å².